The second-order valence-electron chi connectivity index (χ2n) is 6.11. The molecule has 4 nitrogen and oxygen atoms in total. The van der Waals surface area contributed by atoms with Crippen molar-refractivity contribution < 1.29 is 4.79 Å². The molecule has 3 rings (SSSR count). The van der Waals surface area contributed by atoms with Crippen LogP contribution in [0.3, 0.4) is 0 Å². The summed E-state index contributed by atoms with van der Waals surface area (Å²) in [6, 6.07) is 7.98. The molecule has 1 saturated heterocycles. The summed E-state index contributed by atoms with van der Waals surface area (Å²) in [5.41, 5.74) is 3.87. The molecular weight excluding hydrogens is 342 g/mol. The van der Waals surface area contributed by atoms with E-state index in [1.54, 1.807) is 0 Å². The predicted molar refractivity (Wildman–Crippen MR) is 91.8 cm³/mol. The molecule has 22 heavy (non-hydrogen) atoms. The van der Waals surface area contributed by atoms with Gasteiger partial charge < -0.3 is 10.6 Å². The van der Waals surface area contributed by atoms with E-state index in [0.717, 1.165) is 34.3 Å². The van der Waals surface area contributed by atoms with E-state index in [2.05, 4.69) is 45.4 Å². The summed E-state index contributed by atoms with van der Waals surface area (Å²) in [6.07, 6.45) is 0.927. The highest BCUT2D eigenvalue weighted by atomic mass is 79.9. The SMILES string of the molecule is CC(C)CC1=C2C(=NCCN1)C(=O)NC2c1ccc(Br)cc1. The number of benzene rings is 1. The maximum absolute atomic E-state index is 12.3. The lowest BCUT2D eigenvalue weighted by Crippen LogP contribution is -2.23. The Kier molecular flexibility index (Phi) is 4.34. The maximum atomic E-state index is 12.3. The number of halogens is 1. The largest absolute Gasteiger partial charge is 0.386 e. The smallest absolute Gasteiger partial charge is 0.270 e. The Morgan fingerprint density at radius 1 is 1.32 bits per heavy atom. The molecule has 1 aromatic rings. The fraction of sp³-hybridized carbons (Fsp3) is 0.412. The number of nitrogens with zero attached hydrogens (tertiary/aromatic N) is 1. The van der Waals surface area contributed by atoms with Gasteiger partial charge in [-0.05, 0) is 30.0 Å². The van der Waals surface area contributed by atoms with Gasteiger partial charge in [0.05, 0.1) is 12.6 Å². The van der Waals surface area contributed by atoms with Gasteiger partial charge in [-0.1, -0.05) is 41.9 Å². The van der Waals surface area contributed by atoms with E-state index in [9.17, 15) is 4.79 Å². The van der Waals surface area contributed by atoms with Gasteiger partial charge >= 0.3 is 0 Å². The van der Waals surface area contributed by atoms with Gasteiger partial charge in [0, 0.05) is 22.3 Å². The molecule has 0 aromatic heterocycles. The number of rotatable bonds is 3. The third kappa shape index (κ3) is 2.95. The summed E-state index contributed by atoms with van der Waals surface area (Å²) in [7, 11) is 0. The number of nitrogens with one attached hydrogen (secondary N) is 2. The quantitative estimate of drug-likeness (QED) is 0.869. The summed E-state index contributed by atoms with van der Waals surface area (Å²) < 4.78 is 1.03. The normalized spacial score (nSPS) is 21.2. The average molecular weight is 362 g/mol. The molecule has 0 aliphatic carbocycles. The van der Waals surface area contributed by atoms with Crippen LogP contribution in [0.25, 0.3) is 0 Å². The minimum Gasteiger partial charge on any atom is -0.386 e. The van der Waals surface area contributed by atoms with E-state index in [4.69, 9.17) is 0 Å². The Labute approximate surface area is 139 Å². The molecule has 0 bridgehead atoms. The van der Waals surface area contributed by atoms with Crippen LogP contribution in [0.4, 0.5) is 0 Å². The first kappa shape index (κ1) is 15.3. The van der Waals surface area contributed by atoms with Crippen LogP contribution in [0, 0.1) is 5.92 Å². The van der Waals surface area contributed by atoms with Crippen LogP contribution in [0.5, 0.6) is 0 Å². The molecule has 1 atom stereocenters. The third-order valence-corrected chi connectivity index (χ3v) is 4.42. The topological polar surface area (TPSA) is 53.5 Å². The lowest BCUT2D eigenvalue weighted by Gasteiger charge is -2.19. The highest BCUT2D eigenvalue weighted by molar-refractivity contribution is 9.10. The average Bonchev–Trinajstić information content (AvgIpc) is 2.66. The van der Waals surface area contributed by atoms with Gasteiger partial charge in [-0.3, -0.25) is 9.79 Å². The van der Waals surface area contributed by atoms with Crippen LogP contribution in [0.1, 0.15) is 31.9 Å². The predicted octanol–water partition coefficient (Wildman–Crippen LogP) is 2.96. The Bertz CT molecular complexity index is 646. The van der Waals surface area contributed by atoms with E-state index in [0.29, 0.717) is 18.2 Å². The first-order valence-corrected chi connectivity index (χ1v) is 8.43. The van der Waals surface area contributed by atoms with Gasteiger partial charge in [-0.2, -0.15) is 0 Å². The summed E-state index contributed by atoms with van der Waals surface area (Å²) >= 11 is 3.46. The van der Waals surface area contributed by atoms with Gasteiger partial charge in [0.1, 0.15) is 5.71 Å². The van der Waals surface area contributed by atoms with Crippen molar-refractivity contribution in [2.45, 2.75) is 26.3 Å². The number of carbonyl (C=O) groups excluding carboxylic acids is 1. The Balaban J connectivity index is 2.07. The molecule has 0 saturated carbocycles. The third-order valence-electron chi connectivity index (χ3n) is 3.90. The first-order chi connectivity index (χ1) is 10.6. The fourth-order valence-electron chi connectivity index (χ4n) is 2.97. The van der Waals surface area contributed by atoms with Crippen LogP contribution in [0.15, 0.2) is 45.0 Å². The fourth-order valence-corrected chi connectivity index (χ4v) is 3.23. The molecule has 1 aromatic carbocycles. The van der Waals surface area contributed by atoms with Crippen molar-refractivity contribution in [1.82, 2.24) is 10.6 Å². The number of aliphatic imine (C=N–C) groups is 1. The molecular formula is C17H20BrN3O. The van der Waals surface area contributed by atoms with Crippen LogP contribution in [-0.4, -0.2) is 24.7 Å². The van der Waals surface area contributed by atoms with Crippen LogP contribution >= 0.6 is 15.9 Å². The molecule has 2 aliphatic rings. The molecule has 2 aliphatic heterocycles. The molecule has 1 fully saturated rings. The number of carbonyl (C=O) groups is 1. The summed E-state index contributed by atoms with van der Waals surface area (Å²) in [5, 5.41) is 6.56. The maximum Gasteiger partial charge on any atom is 0.270 e. The number of allylic oxidation sites excluding steroid dienone is 1. The van der Waals surface area contributed by atoms with E-state index >= 15 is 0 Å². The van der Waals surface area contributed by atoms with Gasteiger partial charge in [0.2, 0.25) is 0 Å². The summed E-state index contributed by atoms with van der Waals surface area (Å²) in [4.78, 5) is 16.8. The van der Waals surface area contributed by atoms with E-state index < -0.39 is 0 Å². The summed E-state index contributed by atoms with van der Waals surface area (Å²) in [6.45, 7) is 5.81. The van der Waals surface area contributed by atoms with Crippen molar-refractivity contribution in [3.8, 4) is 0 Å². The number of hydrogen-bond acceptors (Lipinski definition) is 3. The van der Waals surface area contributed by atoms with Crippen molar-refractivity contribution in [3.05, 3.63) is 45.6 Å². The first-order valence-electron chi connectivity index (χ1n) is 7.64. The van der Waals surface area contributed by atoms with Crippen LogP contribution in [-0.2, 0) is 4.79 Å². The molecule has 0 spiro atoms. The molecule has 2 N–H and O–H groups in total. The number of amides is 1. The lowest BCUT2D eigenvalue weighted by atomic mass is 9.94. The molecule has 116 valence electrons. The molecule has 1 unspecified atom stereocenters. The Morgan fingerprint density at radius 3 is 2.73 bits per heavy atom. The van der Waals surface area contributed by atoms with Crippen molar-refractivity contribution >= 4 is 27.5 Å². The molecule has 5 heteroatoms. The minimum absolute atomic E-state index is 0.0622. The minimum atomic E-state index is -0.112. The zero-order chi connectivity index (χ0) is 15.7. The zero-order valence-electron chi connectivity index (χ0n) is 12.8. The van der Waals surface area contributed by atoms with E-state index in [1.165, 1.54) is 0 Å². The second-order valence-corrected chi connectivity index (χ2v) is 7.02. The highest BCUT2D eigenvalue weighted by Gasteiger charge is 2.37. The zero-order valence-corrected chi connectivity index (χ0v) is 14.4. The van der Waals surface area contributed by atoms with Crippen molar-refractivity contribution in [1.29, 1.82) is 0 Å². The van der Waals surface area contributed by atoms with Crippen molar-refractivity contribution in [2.24, 2.45) is 10.9 Å². The van der Waals surface area contributed by atoms with Crippen LogP contribution in [0.2, 0.25) is 0 Å². The van der Waals surface area contributed by atoms with Crippen molar-refractivity contribution in [2.75, 3.05) is 13.1 Å². The highest BCUT2D eigenvalue weighted by Crippen LogP contribution is 2.33. The standard InChI is InChI=1S/C17H20BrN3O/c1-10(2)9-13-14-15(11-3-5-12(18)6-4-11)21-17(22)16(14)20-8-7-19-13/h3-6,10,15,19H,7-9H2,1-2H3,(H,21,22). The van der Waals surface area contributed by atoms with E-state index in [1.807, 2.05) is 24.3 Å². The Hall–Kier alpha value is -1.62. The van der Waals surface area contributed by atoms with Crippen LogP contribution < -0.4 is 10.6 Å². The molecule has 0 radical (unpaired) electrons. The van der Waals surface area contributed by atoms with Gasteiger partial charge in [-0.15, -0.1) is 0 Å². The van der Waals surface area contributed by atoms with Crippen molar-refractivity contribution in [3.63, 3.8) is 0 Å². The summed E-state index contributed by atoms with van der Waals surface area (Å²) in [5.74, 6) is 0.462. The molecule has 1 amide bonds. The molecule has 2 heterocycles. The van der Waals surface area contributed by atoms with Gasteiger partial charge in [0.25, 0.3) is 5.91 Å². The Morgan fingerprint density at radius 2 is 2.05 bits per heavy atom. The second kappa shape index (κ2) is 6.24. The van der Waals surface area contributed by atoms with Gasteiger partial charge in [0.15, 0.2) is 0 Å². The lowest BCUT2D eigenvalue weighted by molar-refractivity contribution is -0.114. The van der Waals surface area contributed by atoms with Gasteiger partial charge in [-0.25, -0.2) is 0 Å². The monoisotopic (exact) mass is 361 g/mol. The number of fused-ring (bicyclic) bond motifs is 1. The number of hydrogen-bond donors (Lipinski definition) is 2. The van der Waals surface area contributed by atoms with E-state index in [-0.39, 0.29) is 11.9 Å².